The predicted octanol–water partition coefficient (Wildman–Crippen LogP) is 4.20. The van der Waals surface area contributed by atoms with Crippen molar-refractivity contribution in [2.24, 2.45) is 5.92 Å². The highest BCUT2D eigenvalue weighted by molar-refractivity contribution is 6.34. The molecule has 0 atom stereocenters. The van der Waals surface area contributed by atoms with Gasteiger partial charge < -0.3 is 9.80 Å². The Bertz CT molecular complexity index is 673. The third-order valence-corrected chi connectivity index (χ3v) is 5.62. The maximum absolute atomic E-state index is 6.38. The van der Waals surface area contributed by atoms with Crippen molar-refractivity contribution in [1.82, 2.24) is 9.88 Å². The van der Waals surface area contributed by atoms with Crippen LogP contribution in [0.1, 0.15) is 25.7 Å². The molecule has 122 valence electrons. The smallest absolute Gasteiger partial charge is 0.139 e. The van der Waals surface area contributed by atoms with Crippen molar-refractivity contribution in [2.45, 2.75) is 25.7 Å². The lowest BCUT2D eigenvalue weighted by atomic mass is 9.96. The number of aromatic nitrogens is 1. The maximum atomic E-state index is 6.38. The lowest BCUT2D eigenvalue weighted by Gasteiger charge is -2.34. The summed E-state index contributed by atoms with van der Waals surface area (Å²) in [5.41, 5.74) is 0. The van der Waals surface area contributed by atoms with Crippen LogP contribution >= 0.6 is 11.6 Å². The molecule has 0 saturated carbocycles. The molecule has 2 aliphatic rings. The van der Waals surface area contributed by atoms with E-state index >= 15 is 0 Å². The van der Waals surface area contributed by atoms with Gasteiger partial charge in [-0.1, -0.05) is 35.9 Å². The van der Waals surface area contributed by atoms with E-state index in [-0.39, 0.29) is 0 Å². The Morgan fingerprint density at radius 1 is 1.04 bits per heavy atom. The fraction of sp³-hybridized carbons (Fsp3) is 0.526. The number of pyridine rings is 1. The average Bonchev–Trinajstić information content (AvgIpc) is 3.08. The van der Waals surface area contributed by atoms with E-state index in [0.29, 0.717) is 5.15 Å². The molecule has 0 N–H and O–H groups in total. The van der Waals surface area contributed by atoms with Crippen LogP contribution in [0.3, 0.4) is 0 Å². The number of hydrogen-bond acceptors (Lipinski definition) is 3. The van der Waals surface area contributed by atoms with E-state index < -0.39 is 0 Å². The summed E-state index contributed by atoms with van der Waals surface area (Å²) in [7, 11) is 0. The second-order valence-electron chi connectivity index (χ2n) is 6.93. The molecule has 3 nitrogen and oxygen atoms in total. The van der Waals surface area contributed by atoms with E-state index in [1.807, 2.05) is 12.1 Å². The molecule has 1 aromatic carbocycles. The molecule has 0 spiro atoms. The Morgan fingerprint density at radius 3 is 2.57 bits per heavy atom. The number of piperidine rings is 1. The second-order valence-corrected chi connectivity index (χ2v) is 7.29. The molecule has 4 heteroatoms. The Hall–Kier alpha value is -1.32. The van der Waals surface area contributed by atoms with Gasteiger partial charge in [0.2, 0.25) is 0 Å². The van der Waals surface area contributed by atoms with Crippen molar-refractivity contribution in [3.8, 4) is 0 Å². The Morgan fingerprint density at radius 2 is 1.78 bits per heavy atom. The highest BCUT2D eigenvalue weighted by Gasteiger charge is 2.23. The van der Waals surface area contributed by atoms with E-state index in [1.54, 1.807) is 0 Å². The molecule has 23 heavy (non-hydrogen) atoms. The fourth-order valence-electron chi connectivity index (χ4n) is 3.98. The van der Waals surface area contributed by atoms with Gasteiger partial charge in [0.05, 0.1) is 0 Å². The zero-order valence-electron chi connectivity index (χ0n) is 13.5. The van der Waals surface area contributed by atoms with Crippen molar-refractivity contribution in [2.75, 3.05) is 37.6 Å². The summed E-state index contributed by atoms with van der Waals surface area (Å²) in [6.07, 6.45) is 5.31. The molecule has 0 bridgehead atoms. The van der Waals surface area contributed by atoms with Gasteiger partial charge in [0.15, 0.2) is 0 Å². The van der Waals surface area contributed by atoms with Gasteiger partial charge in [0.1, 0.15) is 11.0 Å². The minimum absolute atomic E-state index is 0.622. The Labute approximate surface area is 143 Å². The number of likely N-dealkylation sites (tertiary alicyclic amines) is 1. The van der Waals surface area contributed by atoms with E-state index in [4.69, 9.17) is 11.6 Å². The molecular formula is C19H24ClN3. The van der Waals surface area contributed by atoms with Gasteiger partial charge in [-0.05, 0) is 56.1 Å². The molecule has 2 aromatic rings. The first-order valence-electron chi connectivity index (χ1n) is 8.82. The van der Waals surface area contributed by atoms with E-state index in [2.05, 4.69) is 33.0 Å². The molecule has 2 fully saturated rings. The summed E-state index contributed by atoms with van der Waals surface area (Å²) in [5.74, 6) is 1.88. The monoisotopic (exact) mass is 329 g/mol. The molecular weight excluding hydrogens is 306 g/mol. The lowest BCUT2D eigenvalue weighted by molar-refractivity contribution is 0.249. The van der Waals surface area contributed by atoms with Crippen LogP contribution in [0, 0.1) is 5.92 Å². The SMILES string of the molecule is Clc1nc(N2CCC(CN3CCCC3)CC2)cc2ccccc12. The van der Waals surface area contributed by atoms with Crippen molar-refractivity contribution in [1.29, 1.82) is 0 Å². The van der Waals surface area contributed by atoms with Crippen LogP contribution in [0.2, 0.25) is 5.15 Å². The molecule has 0 unspecified atom stereocenters. The van der Waals surface area contributed by atoms with Gasteiger partial charge in [0, 0.05) is 25.0 Å². The number of nitrogens with zero attached hydrogens (tertiary/aromatic N) is 3. The molecule has 0 radical (unpaired) electrons. The van der Waals surface area contributed by atoms with Crippen LogP contribution in [-0.4, -0.2) is 42.6 Å². The molecule has 3 heterocycles. The van der Waals surface area contributed by atoms with Crippen LogP contribution in [0.5, 0.6) is 0 Å². The molecule has 0 amide bonds. The normalized spacial score (nSPS) is 20.5. The summed E-state index contributed by atoms with van der Waals surface area (Å²) in [6.45, 7) is 6.10. The Kier molecular flexibility index (Phi) is 4.41. The quantitative estimate of drug-likeness (QED) is 0.787. The van der Waals surface area contributed by atoms with Crippen LogP contribution in [0.15, 0.2) is 30.3 Å². The summed E-state index contributed by atoms with van der Waals surface area (Å²) in [5, 5.41) is 2.85. The number of hydrogen-bond donors (Lipinski definition) is 0. The van der Waals surface area contributed by atoms with Gasteiger partial charge in [-0.15, -0.1) is 0 Å². The van der Waals surface area contributed by atoms with E-state index in [1.165, 1.54) is 50.7 Å². The highest BCUT2D eigenvalue weighted by atomic mass is 35.5. The minimum atomic E-state index is 0.622. The summed E-state index contributed by atoms with van der Waals surface area (Å²) >= 11 is 6.38. The zero-order valence-corrected chi connectivity index (χ0v) is 14.3. The number of rotatable bonds is 3. The topological polar surface area (TPSA) is 19.4 Å². The van der Waals surface area contributed by atoms with Crippen LogP contribution in [0.4, 0.5) is 5.82 Å². The standard InChI is InChI=1S/C19H24ClN3/c20-19-17-6-2-1-5-16(17)13-18(21-19)23-11-7-15(8-12-23)14-22-9-3-4-10-22/h1-2,5-6,13,15H,3-4,7-12,14H2. The van der Waals surface area contributed by atoms with Gasteiger partial charge in [-0.3, -0.25) is 0 Å². The molecule has 4 rings (SSSR count). The Balaban J connectivity index is 1.43. The summed E-state index contributed by atoms with van der Waals surface area (Å²) < 4.78 is 0. The summed E-state index contributed by atoms with van der Waals surface area (Å²) in [6, 6.07) is 10.4. The first kappa shape index (κ1) is 15.2. The number of benzene rings is 1. The van der Waals surface area contributed by atoms with Gasteiger partial charge >= 0.3 is 0 Å². The number of anilines is 1. The summed E-state index contributed by atoms with van der Waals surface area (Å²) in [4.78, 5) is 9.68. The minimum Gasteiger partial charge on any atom is -0.357 e. The van der Waals surface area contributed by atoms with Gasteiger partial charge in [-0.25, -0.2) is 4.98 Å². The predicted molar refractivity (Wildman–Crippen MR) is 97.4 cm³/mol. The maximum Gasteiger partial charge on any atom is 0.139 e. The second kappa shape index (κ2) is 6.66. The first-order chi connectivity index (χ1) is 11.3. The highest BCUT2D eigenvalue weighted by Crippen LogP contribution is 2.29. The third kappa shape index (κ3) is 3.31. The third-order valence-electron chi connectivity index (χ3n) is 5.33. The van der Waals surface area contributed by atoms with Gasteiger partial charge in [-0.2, -0.15) is 0 Å². The van der Waals surface area contributed by atoms with Crippen LogP contribution < -0.4 is 4.90 Å². The van der Waals surface area contributed by atoms with Crippen LogP contribution in [-0.2, 0) is 0 Å². The van der Waals surface area contributed by atoms with Crippen LogP contribution in [0.25, 0.3) is 10.8 Å². The lowest BCUT2D eigenvalue weighted by Crippen LogP contribution is -2.38. The molecule has 2 saturated heterocycles. The van der Waals surface area contributed by atoms with Crippen molar-refractivity contribution >= 4 is 28.2 Å². The first-order valence-corrected chi connectivity index (χ1v) is 9.20. The fourth-order valence-corrected chi connectivity index (χ4v) is 4.24. The molecule has 0 aliphatic carbocycles. The van der Waals surface area contributed by atoms with Crippen molar-refractivity contribution < 1.29 is 0 Å². The van der Waals surface area contributed by atoms with Crippen molar-refractivity contribution in [3.63, 3.8) is 0 Å². The van der Waals surface area contributed by atoms with E-state index in [0.717, 1.165) is 30.2 Å². The number of fused-ring (bicyclic) bond motifs is 1. The van der Waals surface area contributed by atoms with E-state index in [9.17, 15) is 0 Å². The van der Waals surface area contributed by atoms with Crippen molar-refractivity contribution in [3.05, 3.63) is 35.5 Å². The zero-order chi connectivity index (χ0) is 15.6. The number of halogens is 1. The van der Waals surface area contributed by atoms with Gasteiger partial charge in [0.25, 0.3) is 0 Å². The average molecular weight is 330 g/mol. The molecule has 2 aliphatic heterocycles. The largest absolute Gasteiger partial charge is 0.357 e. The molecule has 1 aromatic heterocycles.